The molecule has 0 saturated heterocycles. The molecule has 0 radical (unpaired) electrons. The van der Waals surface area contributed by atoms with Crippen LogP contribution in [0.25, 0.3) is 5.69 Å². The van der Waals surface area contributed by atoms with Crippen molar-refractivity contribution < 1.29 is 17.3 Å². The second-order valence-electron chi connectivity index (χ2n) is 6.89. The summed E-state index contributed by atoms with van der Waals surface area (Å²) in [5.74, 6) is 0.673. The summed E-state index contributed by atoms with van der Waals surface area (Å²) in [6.07, 6.45) is 1.56. The number of halogens is 1. The van der Waals surface area contributed by atoms with E-state index in [1.54, 1.807) is 17.0 Å². The van der Waals surface area contributed by atoms with Gasteiger partial charge in [0, 0.05) is 28.9 Å². The Labute approximate surface area is 197 Å². The van der Waals surface area contributed by atoms with Gasteiger partial charge in [-0.05, 0) is 49.4 Å². The van der Waals surface area contributed by atoms with E-state index in [2.05, 4.69) is 22.2 Å². The number of aryl methyl sites for hydroxylation is 1. The van der Waals surface area contributed by atoms with Gasteiger partial charge in [0.05, 0.1) is 18.5 Å². The Morgan fingerprint density at radius 1 is 1.06 bits per heavy atom. The average molecular weight is 480 g/mol. The molecule has 0 aliphatic carbocycles. The summed E-state index contributed by atoms with van der Waals surface area (Å²) in [6, 6.07) is 24.2. The molecule has 0 saturated carbocycles. The van der Waals surface area contributed by atoms with Crippen molar-refractivity contribution in [2.24, 2.45) is 4.99 Å². The SMILES string of the molecule is COc1cc(C=Nc2cc(C)nn2-c2ccccc2)c#cc1OS(=O)(=O)c1ccc(Cl)cc1. The van der Waals surface area contributed by atoms with Crippen molar-refractivity contribution in [2.75, 3.05) is 7.11 Å². The van der Waals surface area contributed by atoms with Crippen LogP contribution in [-0.2, 0) is 10.1 Å². The summed E-state index contributed by atoms with van der Waals surface area (Å²) in [5.41, 5.74) is 2.21. The molecule has 0 amide bonds. The van der Waals surface area contributed by atoms with Crippen LogP contribution in [0.3, 0.4) is 0 Å². The highest BCUT2D eigenvalue weighted by Crippen LogP contribution is 2.28. The monoisotopic (exact) mass is 479 g/mol. The molecule has 0 N–H and O–H groups in total. The van der Waals surface area contributed by atoms with Gasteiger partial charge >= 0.3 is 10.1 Å². The molecule has 0 fully saturated rings. The lowest BCUT2D eigenvalue weighted by atomic mass is 10.2. The number of para-hydroxylation sites is 1. The van der Waals surface area contributed by atoms with Gasteiger partial charge in [-0.1, -0.05) is 35.9 Å². The standard InChI is InChI=1S/C24H18ClN3O4S/c1-17-14-24(28(27-17)20-6-4-3-5-7-20)26-16-18-8-13-22(23(15-18)31-2)32-33(29,30)21-11-9-19(25)10-12-21/h3-7,9-12,14-16H,1-2H3. The Kier molecular flexibility index (Phi) is 6.36. The van der Waals surface area contributed by atoms with E-state index in [0.717, 1.165) is 11.4 Å². The molecule has 9 heteroatoms. The zero-order valence-electron chi connectivity index (χ0n) is 17.7. The van der Waals surface area contributed by atoms with Gasteiger partial charge in [0.2, 0.25) is 5.75 Å². The summed E-state index contributed by atoms with van der Waals surface area (Å²) in [6.45, 7) is 1.88. The number of hydrogen-bond donors (Lipinski definition) is 0. The van der Waals surface area contributed by atoms with Crippen LogP contribution in [0.15, 0.2) is 76.6 Å². The van der Waals surface area contributed by atoms with E-state index in [4.69, 9.17) is 20.5 Å². The van der Waals surface area contributed by atoms with Crippen LogP contribution in [0.2, 0.25) is 5.02 Å². The van der Waals surface area contributed by atoms with Crippen molar-refractivity contribution in [3.05, 3.63) is 95.1 Å². The smallest absolute Gasteiger partial charge is 0.339 e. The fraction of sp³-hybridized carbons (Fsp3) is 0.0833. The third-order valence-corrected chi connectivity index (χ3v) is 5.98. The first-order chi connectivity index (χ1) is 15.9. The van der Waals surface area contributed by atoms with Gasteiger partial charge in [-0.2, -0.15) is 13.5 Å². The fourth-order valence-corrected chi connectivity index (χ4v) is 3.98. The number of methoxy groups -OCH3 is 1. The van der Waals surface area contributed by atoms with Crippen LogP contribution in [-0.4, -0.2) is 31.5 Å². The molecule has 4 rings (SSSR count). The van der Waals surface area contributed by atoms with Crippen LogP contribution in [0.5, 0.6) is 11.5 Å². The van der Waals surface area contributed by atoms with Gasteiger partial charge in [-0.25, -0.2) is 9.67 Å². The minimum absolute atomic E-state index is 0.0439. The molecule has 1 heterocycles. The second-order valence-corrected chi connectivity index (χ2v) is 8.87. The molecular weight excluding hydrogens is 462 g/mol. The topological polar surface area (TPSA) is 82.8 Å². The highest BCUT2D eigenvalue weighted by molar-refractivity contribution is 7.87. The van der Waals surface area contributed by atoms with Crippen LogP contribution in [0.1, 0.15) is 11.3 Å². The third-order valence-electron chi connectivity index (χ3n) is 4.50. The predicted molar refractivity (Wildman–Crippen MR) is 125 cm³/mol. The molecule has 1 aromatic heterocycles. The molecule has 0 atom stereocenters. The fourth-order valence-electron chi connectivity index (χ4n) is 2.95. The van der Waals surface area contributed by atoms with E-state index in [-0.39, 0.29) is 16.4 Å². The van der Waals surface area contributed by atoms with Crippen LogP contribution in [0.4, 0.5) is 5.82 Å². The van der Waals surface area contributed by atoms with E-state index >= 15 is 0 Å². The highest BCUT2D eigenvalue weighted by atomic mass is 35.5. The lowest BCUT2D eigenvalue weighted by Gasteiger charge is -2.09. The Morgan fingerprint density at radius 3 is 2.48 bits per heavy atom. The van der Waals surface area contributed by atoms with Crippen molar-refractivity contribution in [1.82, 2.24) is 9.78 Å². The normalized spacial score (nSPS) is 11.4. The van der Waals surface area contributed by atoms with Crippen molar-refractivity contribution in [3.63, 3.8) is 0 Å². The summed E-state index contributed by atoms with van der Waals surface area (Å²) in [4.78, 5) is 4.46. The van der Waals surface area contributed by atoms with Gasteiger partial charge < -0.3 is 8.92 Å². The number of rotatable bonds is 7. The summed E-state index contributed by atoms with van der Waals surface area (Å²) in [5, 5.41) is 4.90. The minimum atomic E-state index is -4.10. The summed E-state index contributed by atoms with van der Waals surface area (Å²) >= 11 is 5.82. The number of ether oxygens (including phenoxy) is 1. The maximum atomic E-state index is 12.6. The van der Waals surface area contributed by atoms with E-state index in [9.17, 15) is 8.42 Å². The van der Waals surface area contributed by atoms with Crippen LogP contribution >= 0.6 is 11.6 Å². The highest BCUT2D eigenvalue weighted by Gasteiger charge is 2.19. The van der Waals surface area contributed by atoms with Crippen molar-refractivity contribution >= 4 is 33.8 Å². The average Bonchev–Trinajstić information content (AvgIpc) is 3.19. The molecule has 7 nitrogen and oxygen atoms in total. The zero-order chi connectivity index (χ0) is 23.4. The predicted octanol–water partition coefficient (Wildman–Crippen LogP) is 4.96. The van der Waals surface area contributed by atoms with Gasteiger partial charge in [-0.3, -0.25) is 0 Å². The lowest BCUT2D eigenvalue weighted by molar-refractivity contribution is 0.390. The quantitative estimate of drug-likeness (QED) is 0.276. The number of hydrogen-bond acceptors (Lipinski definition) is 6. The first-order valence-corrected chi connectivity index (χ1v) is 11.5. The maximum absolute atomic E-state index is 12.6. The summed E-state index contributed by atoms with van der Waals surface area (Å²) in [7, 11) is -2.70. The molecule has 0 aliphatic rings. The first-order valence-electron chi connectivity index (χ1n) is 9.74. The maximum Gasteiger partial charge on any atom is 0.339 e. The van der Waals surface area contributed by atoms with Gasteiger partial charge in [0.25, 0.3) is 0 Å². The first kappa shape index (κ1) is 22.4. The Morgan fingerprint density at radius 2 is 1.79 bits per heavy atom. The van der Waals surface area contributed by atoms with Gasteiger partial charge in [0.1, 0.15) is 4.90 Å². The van der Waals surface area contributed by atoms with E-state index in [1.807, 2.05) is 43.3 Å². The van der Waals surface area contributed by atoms with Crippen molar-refractivity contribution in [1.29, 1.82) is 0 Å². The zero-order valence-corrected chi connectivity index (χ0v) is 19.3. The number of aliphatic imine (C=N–C) groups is 1. The minimum Gasteiger partial charge on any atom is -0.492 e. The molecule has 4 aromatic rings. The molecule has 166 valence electrons. The van der Waals surface area contributed by atoms with E-state index in [1.165, 1.54) is 31.4 Å². The van der Waals surface area contributed by atoms with E-state index < -0.39 is 10.1 Å². The van der Waals surface area contributed by atoms with Crippen molar-refractivity contribution in [3.8, 4) is 17.2 Å². The van der Waals surface area contributed by atoms with Crippen LogP contribution < -0.4 is 8.92 Å². The van der Waals surface area contributed by atoms with Crippen LogP contribution in [0, 0.1) is 19.1 Å². The number of nitrogens with zero attached hydrogens (tertiary/aromatic N) is 3. The molecule has 0 spiro atoms. The van der Waals surface area contributed by atoms with E-state index in [0.29, 0.717) is 16.4 Å². The molecular formula is C24H18ClN3O4S. The molecule has 0 bridgehead atoms. The Hall–Kier alpha value is -3.80. The number of benzene rings is 2. The number of aromatic nitrogens is 2. The molecule has 33 heavy (non-hydrogen) atoms. The van der Waals surface area contributed by atoms with Gasteiger partial charge in [0.15, 0.2) is 11.6 Å². The van der Waals surface area contributed by atoms with Gasteiger partial charge in [-0.15, -0.1) is 0 Å². The van der Waals surface area contributed by atoms with Crippen molar-refractivity contribution in [2.45, 2.75) is 11.8 Å². The molecule has 0 unspecified atom stereocenters. The Bertz CT molecular complexity index is 1400. The molecule has 0 aliphatic heterocycles. The Balaban J connectivity index is 1.59. The lowest BCUT2D eigenvalue weighted by Crippen LogP contribution is -2.10. The third kappa shape index (κ3) is 5.17. The second kappa shape index (κ2) is 9.36. The largest absolute Gasteiger partial charge is 0.492 e. The molecule has 3 aromatic carbocycles. The summed E-state index contributed by atoms with van der Waals surface area (Å²) < 4.78 is 37.3.